The molecular formula is C28H36F4N2O6S. The summed E-state index contributed by atoms with van der Waals surface area (Å²) in [4.78, 5) is 10.3. The number of nitro groups is 1. The molecule has 41 heavy (non-hydrogen) atoms. The molecule has 0 aromatic heterocycles. The zero-order chi connectivity index (χ0) is 30.7. The average Bonchev–Trinajstić information content (AvgIpc) is 2.85. The van der Waals surface area contributed by atoms with Crippen molar-refractivity contribution >= 4 is 16.5 Å². The lowest BCUT2D eigenvalue weighted by atomic mass is 9.85. The minimum atomic E-state index is -4.94. The maximum Gasteiger partial charge on any atom is 0.427 e. The fourth-order valence-corrected chi connectivity index (χ4v) is 6.49. The number of ether oxygens (including phenoxy) is 2. The van der Waals surface area contributed by atoms with E-state index in [9.17, 15) is 37.0 Å². The maximum absolute atomic E-state index is 14.8. The molecule has 2 aromatic rings. The normalized spacial score (nSPS) is 23.2. The molecule has 1 aliphatic heterocycles. The predicted molar refractivity (Wildman–Crippen MR) is 147 cm³/mol. The first kappa shape index (κ1) is 32.9. The van der Waals surface area contributed by atoms with E-state index in [0.717, 1.165) is 30.4 Å². The highest BCUT2D eigenvalue weighted by atomic mass is 32.2. The smallest absolute Gasteiger partial charge is 0.427 e. The van der Waals surface area contributed by atoms with Gasteiger partial charge in [-0.25, -0.2) is 0 Å². The molecule has 0 amide bonds. The second kappa shape index (κ2) is 13.1. The average molecular weight is 605 g/mol. The molecule has 13 heteroatoms. The minimum Gasteiger partial charge on any atom is -0.471 e. The number of aliphatic hydroxyl groups is 1. The SMILES string of the molecule is COC[C@@H](Oc1cc(C[C@@H]2CS(=O)C[C@H](N[C@H](C)c3cccc(C(C)(C)C)c3)[C@H]2O)cc(F)c1[N+](=O)[O-])C(F)(F)F. The van der Waals surface area contributed by atoms with Gasteiger partial charge in [0.25, 0.3) is 0 Å². The first-order chi connectivity index (χ1) is 19.0. The van der Waals surface area contributed by atoms with Crippen LogP contribution in [0.1, 0.15) is 50.4 Å². The second-order valence-corrected chi connectivity index (χ2v) is 12.9. The molecule has 1 aliphatic rings. The monoisotopic (exact) mass is 604 g/mol. The third-order valence-electron chi connectivity index (χ3n) is 7.10. The van der Waals surface area contributed by atoms with Crippen LogP contribution in [-0.4, -0.2) is 63.9 Å². The van der Waals surface area contributed by atoms with Gasteiger partial charge in [-0.05, 0) is 47.6 Å². The Kier molecular flexibility index (Phi) is 10.5. The summed E-state index contributed by atoms with van der Waals surface area (Å²) in [5.74, 6) is -2.71. The van der Waals surface area contributed by atoms with Crippen molar-refractivity contribution < 1.29 is 41.3 Å². The molecule has 228 valence electrons. The second-order valence-electron chi connectivity index (χ2n) is 11.4. The molecule has 0 spiro atoms. The van der Waals surface area contributed by atoms with Crippen molar-refractivity contribution in [3.05, 3.63) is 69.0 Å². The van der Waals surface area contributed by atoms with Crippen LogP contribution < -0.4 is 10.1 Å². The molecular weight excluding hydrogens is 568 g/mol. The molecule has 0 radical (unpaired) electrons. The summed E-state index contributed by atoms with van der Waals surface area (Å²) < 4.78 is 77.2. The molecule has 1 heterocycles. The molecule has 8 nitrogen and oxygen atoms in total. The molecule has 6 atom stereocenters. The van der Waals surface area contributed by atoms with E-state index in [1.807, 2.05) is 25.1 Å². The Balaban J connectivity index is 1.84. The Bertz CT molecular complexity index is 1250. The van der Waals surface area contributed by atoms with Gasteiger partial charge in [0.1, 0.15) is 0 Å². The fourth-order valence-electron chi connectivity index (χ4n) is 4.87. The highest BCUT2D eigenvalue weighted by Crippen LogP contribution is 2.36. The van der Waals surface area contributed by atoms with E-state index >= 15 is 0 Å². The van der Waals surface area contributed by atoms with Gasteiger partial charge in [-0.3, -0.25) is 14.3 Å². The van der Waals surface area contributed by atoms with E-state index in [0.29, 0.717) is 0 Å². The number of hydrogen-bond donors (Lipinski definition) is 2. The lowest BCUT2D eigenvalue weighted by Gasteiger charge is -2.37. The number of benzene rings is 2. The largest absolute Gasteiger partial charge is 0.471 e. The van der Waals surface area contributed by atoms with Gasteiger partial charge in [-0.1, -0.05) is 45.0 Å². The van der Waals surface area contributed by atoms with Crippen molar-refractivity contribution in [1.29, 1.82) is 0 Å². The molecule has 2 N–H and O–H groups in total. The number of rotatable bonds is 10. The van der Waals surface area contributed by atoms with Gasteiger partial charge in [0.2, 0.25) is 17.7 Å². The van der Waals surface area contributed by atoms with Gasteiger partial charge < -0.3 is 19.9 Å². The third kappa shape index (κ3) is 8.46. The van der Waals surface area contributed by atoms with Crippen LogP contribution in [0.2, 0.25) is 0 Å². The van der Waals surface area contributed by atoms with Crippen LogP contribution >= 0.6 is 0 Å². The maximum atomic E-state index is 14.8. The number of methoxy groups -OCH3 is 1. The molecule has 2 aromatic carbocycles. The number of alkyl halides is 3. The number of nitrogens with one attached hydrogen (secondary N) is 1. The summed E-state index contributed by atoms with van der Waals surface area (Å²) in [6, 6.07) is 9.01. The number of aliphatic hydroxyl groups excluding tert-OH is 1. The van der Waals surface area contributed by atoms with E-state index in [2.05, 4.69) is 36.9 Å². The van der Waals surface area contributed by atoms with E-state index in [-0.39, 0.29) is 34.9 Å². The van der Waals surface area contributed by atoms with Crippen molar-refractivity contribution in [3.63, 3.8) is 0 Å². The molecule has 3 rings (SSSR count). The molecule has 1 fully saturated rings. The zero-order valence-electron chi connectivity index (χ0n) is 23.5. The van der Waals surface area contributed by atoms with Crippen molar-refractivity contribution in [1.82, 2.24) is 5.32 Å². The summed E-state index contributed by atoms with van der Waals surface area (Å²) in [6.07, 6.45) is -8.62. The topological polar surface area (TPSA) is 111 Å². The molecule has 0 saturated carbocycles. The zero-order valence-corrected chi connectivity index (χ0v) is 24.4. The first-order valence-corrected chi connectivity index (χ1v) is 14.6. The molecule has 0 aliphatic carbocycles. The lowest BCUT2D eigenvalue weighted by Crippen LogP contribution is -2.53. The summed E-state index contributed by atoms with van der Waals surface area (Å²) in [5, 5.41) is 26.0. The quantitative estimate of drug-likeness (QED) is 0.223. The highest BCUT2D eigenvalue weighted by molar-refractivity contribution is 7.85. The van der Waals surface area contributed by atoms with Gasteiger partial charge in [0.15, 0.2) is 0 Å². The summed E-state index contributed by atoms with van der Waals surface area (Å²) in [7, 11) is -0.348. The van der Waals surface area contributed by atoms with Crippen molar-refractivity contribution in [3.8, 4) is 5.75 Å². The van der Waals surface area contributed by atoms with Crippen molar-refractivity contribution in [2.75, 3.05) is 25.2 Å². The van der Waals surface area contributed by atoms with Crippen LogP contribution in [0.15, 0.2) is 36.4 Å². The Morgan fingerprint density at radius 2 is 1.88 bits per heavy atom. The van der Waals surface area contributed by atoms with E-state index in [4.69, 9.17) is 4.74 Å². The van der Waals surface area contributed by atoms with Crippen molar-refractivity contribution in [2.24, 2.45) is 5.92 Å². The lowest BCUT2D eigenvalue weighted by molar-refractivity contribution is -0.389. The first-order valence-electron chi connectivity index (χ1n) is 13.1. The van der Waals surface area contributed by atoms with Gasteiger partial charge in [-0.2, -0.15) is 17.6 Å². The van der Waals surface area contributed by atoms with Gasteiger partial charge >= 0.3 is 11.9 Å². The Hall–Kier alpha value is -2.61. The number of halogens is 4. The molecule has 1 saturated heterocycles. The van der Waals surface area contributed by atoms with Crippen LogP contribution in [0.5, 0.6) is 5.75 Å². The molecule has 1 unspecified atom stereocenters. The Labute approximate surface area is 239 Å². The van der Waals surface area contributed by atoms with Crippen LogP contribution in [0.3, 0.4) is 0 Å². The Morgan fingerprint density at radius 1 is 1.20 bits per heavy atom. The van der Waals surface area contributed by atoms with Crippen LogP contribution in [0, 0.1) is 21.8 Å². The van der Waals surface area contributed by atoms with Gasteiger partial charge in [0.05, 0.1) is 17.6 Å². The van der Waals surface area contributed by atoms with E-state index in [1.165, 1.54) is 0 Å². The number of hydrogen-bond acceptors (Lipinski definition) is 7. The highest BCUT2D eigenvalue weighted by Gasteiger charge is 2.43. The molecule has 0 bridgehead atoms. The third-order valence-corrected chi connectivity index (χ3v) is 8.63. The number of nitrogens with zero attached hydrogens (tertiary/aromatic N) is 1. The van der Waals surface area contributed by atoms with Gasteiger partial charge in [-0.15, -0.1) is 0 Å². The predicted octanol–water partition coefficient (Wildman–Crippen LogP) is 4.99. The van der Waals surface area contributed by atoms with Crippen LogP contribution in [0.4, 0.5) is 23.2 Å². The fraction of sp³-hybridized carbons (Fsp3) is 0.571. The van der Waals surface area contributed by atoms with Crippen LogP contribution in [-0.2, 0) is 27.4 Å². The summed E-state index contributed by atoms with van der Waals surface area (Å²) in [5.41, 5.74) is 0.864. The number of nitro benzene ring substituents is 1. The van der Waals surface area contributed by atoms with Gasteiger partial charge in [0, 0.05) is 47.4 Å². The van der Waals surface area contributed by atoms with Crippen molar-refractivity contribution in [2.45, 2.75) is 70.0 Å². The summed E-state index contributed by atoms with van der Waals surface area (Å²) >= 11 is 0. The minimum absolute atomic E-state index is 0.0640. The Morgan fingerprint density at radius 3 is 2.46 bits per heavy atom. The van der Waals surface area contributed by atoms with Crippen LogP contribution in [0.25, 0.3) is 0 Å². The summed E-state index contributed by atoms with van der Waals surface area (Å²) in [6.45, 7) is 7.26. The standard InChI is InChI=1S/C28H36F4N2O6S/c1-16(18-7-6-8-20(12-18)27(2,3)4)33-22-15-41(38)14-19(26(22)35)9-17-10-21(29)25(34(36)37)23(11-17)40-24(13-39-5)28(30,31)32/h6-8,10-12,16,19,22,24,26,33,35H,9,13-15H2,1-5H3/t16-,19-,22+,24-,26+,41?/m1/s1. The van der Waals surface area contributed by atoms with E-state index in [1.54, 1.807) is 0 Å². The van der Waals surface area contributed by atoms with E-state index < -0.39 is 69.9 Å².